The molecule has 0 aliphatic carbocycles. The third-order valence-electron chi connectivity index (χ3n) is 6.31. The highest BCUT2D eigenvalue weighted by Crippen LogP contribution is 2.39. The van der Waals surface area contributed by atoms with Crippen LogP contribution in [0.3, 0.4) is 0 Å². The number of likely N-dealkylation sites (tertiary alicyclic amines) is 1. The molecule has 1 aromatic carbocycles. The van der Waals surface area contributed by atoms with Gasteiger partial charge in [-0.15, -0.1) is 11.3 Å². The Hall–Kier alpha value is -2.59. The summed E-state index contributed by atoms with van der Waals surface area (Å²) >= 11 is 1.20. The van der Waals surface area contributed by atoms with Gasteiger partial charge in [0.15, 0.2) is 5.84 Å². The highest BCUT2D eigenvalue weighted by atomic mass is 32.1. The topological polar surface area (TPSA) is 81.4 Å². The van der Waals surface area contributed by atoms with Crippen LogP contribution in [0.2, 0.25) is 0 Å². The van der Waals surface area contributed by atoms with Crippen LogP contribution in [0.25, 0.3) is 10.2 Å². The summed E-state index contributed by atoms with van der Waals surface area (Å²) in [6, 6.07) is 3.52. The van der Waals surface area contributed by atoms with Crippen LogP contribution in [0.5, 0.6) is 0 Å². The number of amides is 1. The Morgan fingerprint density at radius 3 is 2.76 bits per heavy atom. The molecule has 2 aliphatic rings. The number of aliphatic imine (C=N–C) groups is 1. The van der Waals surface area contributed by atoms with Gasteiger partial charge in [0, 0.05) is 18.7 Å². The summed E-state index contributed by atoms with van der Waals surface area (Å²) in [6.45, 7) is 5.21. The molecule has 1 aromatic heterocycles. The first-order chi connectivity index (χ1) is 15.6. The van der Waals surface area contributed by atoms with Crippen LogP contribution < -0.4 is 5.32 Å². The lowest BCUT2D eigenvalue weighted by molar-refractivity contribution is -0.137. The van der Waals surface area contributed by atoms with Gasteiger partial charge in [-0.1, -0.05) is 6.08 Å². The standard InChI is InChI=1S/C23H26F3N5OS/c1-3-10-29-20-19(27)22(2,21(32)31(20)15-7-11-28-12-8-15)9-6-18-30-16-5-4-14(23(24,25)26)13-17(16)33-18/h3-5,10,13,15,27-28H,6-9,11-12H2,1-2H3/b10-3-,27-19?,29-20?. The molecule has 0 saturated carbocycles. The highest BCUT2D eigenvalue weighted by Gasteiger charge is 2.53. The quantitative estimate of drug-likeness (QED) is 0.649. The number of hydrogen-bond donors (Lipinski definition) is 2. The Bertz CT molecular complexity index is 1130. The van der Waals surface area contributed by atoms with E-state index in [1.807, 2.05) is 6.92 Å². The first-order valence-corrected chi connectivity index (χ1v) is 11.8. The second kappa shape index (κ2) is 8.98. The van der Waals surface area contributed by atoms with Gasteiger partial charge in [0.2, 0.25) is 5.91 Å². The molecule has 2 fully saturated rings. The number of aromatic nitrogens is 1. The van der Waals surface area contributed by atoms with Crippen molar-refractivity contribution in [1.82, 2.24) is 15.2 Å². The van der Waals surface area contributed by atoms with E-state index >= 15 is 0 Å². The predicted molar refractivity (Wildman–Crippen MR) is 124 cm³/mol. The van der Waals surface area contributed by atoms with Crippen molar-refractivity contribution < 1.29 is 18.0 Å². The van der Waals surface area contributed by atoms with Crippen molar-refractivity contribution in [2.24, 2.45) is 10.4 Å². The Kier molecular flexibility index (Phi) is 6.41. The van der Waals surface area contributed by atoms with Crippen molar-refractivity contribution in [3.63, 3.8) is 0 Å². The number of amidine groups is 1. The number of piperidine rings is 1. The largest absolute Gasteiger partial charge is 0.416 e. The number of rotatable bonds is 5. The van der Waals surface area contributed by atoms with Crippen LogP contribution in [0.1, 0.15) is 43.7 Å². The average Bonchev–Trinajstić information content (AvgIpc) is 3.28. The van der Waals surface area contributed by atoms with Gasteiger partial charge in [-0.05, 0) is 64.4 Å². The minimum Gasteiger partial charge on any atom is -0.317 e. The molecule has 0 radical (unpaired) electrons. The lowest BCUT2D eigenvalue weighted by Crippen LogP contribution is -2.47. The van der Waals surface area contributed by atoms with Crippen molar-refractivity contribution >= 4 is 39.0 Å². The van der Waals surface area contributed by atoms with Crippen LogP contribution in [-0.2, 0) is 17.4 Å². The maximum Gasteiger partial charge on any atom is 0.416 e. The second-order valence-electron chi connectivity index (χ2n) is 8.59. The molecule has 6 nitrogen and oxygen atoms in total. The minimum absolute atomic E-state index is 0.00632. The van der Waals surface area contributed by atoms with Gasteiger partial charge in [-0.2, -0.15) is 13.2 Å². The first-order valence-electron chi connectivity index (χ1n) is 10.9. The Balaban J connectivity index is 1.58. The Morgan fingerprint density at radius 1 is 1.36 bits per heavy atom. The highest BCUT2D eigenvalue weighted by molar-refractivity contribution is 7.18. The number of halogens is 3. The molecule has 2 N–H and O–H groups in total. The molecule has 1 atom stereocenters. The number of benzene rings is 1. The van der Waals surface area contributed by atoms with E-state index in [4.69, 9.17) is 5.41 Å². The first kappa shape index (κ1) is 23.6. The zero-order valence-electron chi connectivity index (χ0n) is 18.5. The molecule has 2 aliphatic heterocycles. The van der Waals surface area contributed by atoms with E-state index in [0.717, 1.165) is 38.1 Å². The van der Waals surface area contributed by atoms with Crippen molar-refractivity contribution in [2.75, 3.05) is 13.1 Å². The number of fused-ring (bicyclic) bond motifs is 1. The van der Waals surface area contributed by atoms with E-state index in [2.05, 4.69) is 15.3 Å². The van der Waals surface area contributed by atoms with Crippen LogP contribution in [0, 0.1) is 10.8 Å². The Labute approximate surface area is 194 Å². The summed E-state index contributed by atoms with van der Waals surface area (Å²) in [7, 11) is 0. The SMILES string of the molecule is C/C=C\N=C1C(=N)C(C)(CCc2nc3ccc(C(F)(F)F)cc3s2)C(=O)N1C1CCNCC1. The van der Waals surface area contributed by atoms with E-state index in [9.17, 15) is 18.0 Å². The van der Waals surface area contributed by atoms with E-state index < -0.39 is 17.2 Å². The number of thiazole rings is 1. The normalized spacial score (nSPS) is 24.2. The van der Waals surface area contributed by atoms with Gasteiger partial charge in [-0.25, -0.2) is 9.98 Å². The maximum absolute atomic E-state index is 13.6. The summed E-state index contributed by atoms with van der Waals surface area (Å²) in [4.78, 5) is 24.2. The molecule has 2 aromatic rings. The fourth-order valence-electron chi connectivity index (χ4n) is 4.36. The van der Waals surface area contributed by atoms with Gasteiger partial charge in [0.05, 0.1) is 31.9 Å². The summed E-state index contributed by atoms with van der Waals surface area (Å²) in [6.07, 6.45) is 1.28. The summed E-state index contributed by atoms with van der Waals surface area (Å²) < 4.78 is 39.5. The molecule has 0 spiro atoms. The fraction of sp³-hybridized carbons (Fsp3) is 0.478. The zero-order chi connectivity index (χ0) is 23.8. The molecular formula is C23H26F3N5OS. The van der Waals surface area contributed by atoms with Crippen molar-refractivity contribution in [2.45, 2.75) is 51.7 Å². The molecule has 3 heterocycles. The second-order valence-corrected chi connectivity index (χ2v) is 9.70. The van der Waals surface area contributed by atoms with E-state index in [1.54, 1.807) is 24.1 Å². The molecule has 1 amide bonds. The number of carbonyl (C=O) groups is 1. The van der Waals surface area contributed by atoms with Gasteiger partial charge >= 0.3 is 6.18 Å². The molecule has 2 saturated heterocycles. The molecule has 1 unspecified atom stereocenters. The third-order valence-corrected chi connectivity index (χ3v) is 7.39. The van der Waals surface area contributed by atoms with E-state index in [1.165, 1.54) is 17.4 Å². The van der Waals surface area contributed by atoms with Crippen molar-refractivity contribution in [3.05, 3.63) is 41.0 Å². The lowest BCUT2D eigenvalue weighted by atomic mass is 9.82. The Morgan fingerprint density at radius 2 is 2.09 bits per heavy atom. The number of hydrogen-bond acceptors (Lipinski definition) is 6. The number of nitrogens with zero attached hydrogens (tertiary/aromatic N) is 3. The third kappa shape index (κ3) is 4.46. The number of allylic oxidation sites excluding steroid dienone is 1. The zero-order valence-corrected chi connectivity index (χ0v) is 19.3. The summed E-state index contributed by atoms with van der Waals surface area (Å²) in [5.41, 5.74) is -1.06. The smallest absolute Gasteiger partial charge is 0.317 e. The van der Waals surface area contributed by atoms with Gasteiger partial charge < -0.3 is 10.7 Å². The minimum atomic E-state index is -4.40. The molecule has 10 heteroatoms. The van der Waals surface area contributed by atoms with Crippen LogP contribution in [0.4, 0.5) is 13.2 Å². The maximum atomic E-state index is 13.6. The molecule has 176 valence electrons. The van der Waals surface area contributed by atoms with Crippen LogP contribution >= 0.6 is 11.3 Å². The predicted octanol–water partition coefficient (Wildman–Crippen LogP) is 4.80. The van der Waals surface area contributed by atoms with E-state index in [-0.39, 0.29) is 17.7 Å². The lowest BCUT2D eigenvalue weighted by Gasteiger charge is -2.32. The summed E-state index contributed by atoms with van der Waals surface area (Å²) in [5.74, 6) is 0.259. The van der Waals surface area contributed by atoms with Gasteiger partial charge in [0.1, 0.15) is 0 Å². The van der Waals surface area contributed by atoms with Crippen LogP contribution in [0.15, 0.2) is 35.5 Å². The fourth-order valence-corrected chi connectivity index (χ4v) is 5.36. The number of alkyl halides is 3. The number of nitrogens with one attached hydrogen (secondary N) is 2. The average molecular weight is 478 g/mol. The molecular weight excluding hydrogens is 451 g/mol. The van der Waals surface area contributed by atoms with Gasteiger partial charge in [-0.3, -0.25) is 9.69 Å². The van der Waals surface area contributed by atoms with Crippen LogP contribution in [-0.4, -0.2) is 46.5 Å². The summed E-state index contributed by atoms with van der Waals surface area (Å²) in [5, 5.41) is 12.7. The molecule has 0 bridgehead atoms. The van der Waals surface area contributed by atoms with Crippen molar-refractivity contribution in [1.29, 1.82) is 5.41 Å². The number of carbonyl (C=O) groups excluding carboxylic acids is 1. The molecule has 33 heavy (non-hydrogen) atoms. The molecule has 4 rings (SSSR count). The van der Waals surface area contributed by atoms with Crippen molar-refractivity contribution in [3.8, 4) is 0 Å². The monoisotopic (exact) mass is 477 g/mol. The van der Waals surface area contributed by atoms with Gasteiger partial charge in [0.25, 0.3) is 0 Å². The van der Waals surface area contributed by atoms with E-state index in [0.29, 0.717) is 33.9 Å². The number of aryl methyl sites for hydroxylation is 1.